The van der Waals surface area contributed by atoms with Crippen LogP contribution in [0.3, 0.4) is 0 Å². The molecule has 0 aliphatic heterocycles. The number of para-hydroxylation sites is 1. The Kier molecular flexibility index (Phi) is 3.25. The van der Waals surface area contributed by atoms with Gasteiger partial charge in [-0.2, -0.15) is 0 Å². The van der Waals surface area contributed by atoms with Crippen LogP contribution in [0.15, 0.2) is 24.3 Å². The maximum Gasteiger partial charge on any atom is 0.152 e. The van der Waals surface area contributed by atoms with E-state index >= 15 is 0 Å². The van der Waals surface area contributed by atoms with Gasteiger partial charge >= 0.3 is 0 Å². The van der Waals surface area contributed by atoms with Crippen molar-refractivity contribution in [3.63, 3.8) is 0 Å². The molecule has 0 radical (unpaired) electrons. The van der Waals surface area contributed by atoms with Crippen LogP contribution in [0.5, 0.6) is 0 Å². The van der Waals surface area contributed by atoms with Gasteiger partial charge in [-0.25, -0.2) is 9.97 Å². The zero-order chi connectivity index (χ0) is 15.1. The zero-order valence-electron chi connectivity index (χ0n) is 13.0. The maximum atomic E-state index is 6.19. The summed E-state index contributed by atoms with van der Waals surface area (Å²) >= 11 is 0. The smallest absolute Gasteiger partial charge is 0.152 e. The molecule has 1 aliphatic rings. The van der Waals surface area contributed by atoms with Crippen molar-refractivity contribution in [2.24, 2.45) is 5.92 Å². The zero-order valence-corrected chi connectivity index (χ0v) is 13.0. The van der Waals surface area contributed by atoms with Gasteiger partial charge in [-0.05, 0) is 31.2 Å². The van der Waals surface area contributed by atoms with Crippen molar-refractivity contribution in [2.75, 3.05) is 5.73 Å². The maximum absolute atomic E-state index is 6.19. The number of aryl methyl sites for hydroxylation is 1. The lowest BCUT2D eigenvalue weighted by atomic mass is 9.85. The quantitative estimate of drug-likeness (QED) is 0.793. The van der Waals surface area contributed by atoms with Gasteiger partial charge in [-0.1, -0.05) is 31.5 Å². The largest absolute Gasteiger partial charge is 0.382 e. The summed E-state index contributed by atoms with van der Waals surface area (Å²) < 4.78 is 2.42. The SMILES string of the molecule is CCCc1nc2c(N)nc3ccccc3c2n1CC1CCC1. The molecule has 1 aliphatic carbocycles. The van der Waals surface area contributed by atoms with Gasteiger partial charge < -0.3 is 10.3 Å². The molecular formula is C18H22N4. The van der Waals surface area contributed by atoms with Crippen LogP contribution in [-0.2, 0) is 13.0 Å². The summed E-state index contributed by atoms with van der Waals surface area (Å²) in [5.74, 6) is 2.51. The van der Waals surface area contributed by atoms with Crippen LogP contribution in [-0.4, -0.2) is 14.5 Å². The number of fused-ring (bicyclic) bond motifs is 3. The number of rotatable bonds is 4. The first-order valence-corrected chi connectivity index (χ1v) is 8.31. The first-order valence-electron chi connectivity index (χ1n) is 8.31. The minimum atomic E-state index is 0.554. The highest BCUT2D eigenvalue weighted by Gasteiger charge is 2.22. The highest BCUT2D eigenvalue weighted by Crippen LogP contribution is 2.33. The number of benzene rings is 1. The Morgan fingerprint density at radius 2 is 2.05 bits per heavy atom. The number of anilines is 1. The minimum absolute atomic E-state index is 0.554. The predicted octanol–water partition coefficient (Wildman–Crippen LogP) is 3.92. The fourth-order valence-corrected chi connectivity index (χ4v) is 3.45. The fraction of sp³-hybridized carbons (Fsp3) is 0.444. The fourth-order valence-electron chi connectivity index (χ4n) is 3.45. The van der Waals surface area contributed by atoms with Gasteiger partial charge in [0.1, 0.15) is 11.3 Å². The molecule has 1 saturated carbocycles. The van der Waals surface area contributed by atoms with E-state index < -0.39 is 0 Å². The molecule has 0 spiro atoms. The summed E-state index contributed by atoms with van der Waals surface area (Å²) in [5.41, 5.74) is 9.21. The molecular weight excluding hydrogens is 272 g/mol. The first kappa shape index (κ1) is 13.6. The molecule has 114 valence electrons. The van der Waals surface area contributed by atoms with Crippen LogP contribution in [0.2, 0.25) is 0 Å². The van der Waals surface area contributed by atoms with E-state index in [4.69, 9.17) is 10.7 Å². The molecule has 0 bridgehead atoms. The van der Waals surface area contributed by atoms with Gasteiger partial charge in [0.2, 0.25) is 0 Å². The van der Waals surface area contributed by atoms with Crippen LogP contribution in [0.25, 0.3) is 21.9 Å². The van der Waals surface area contributed by atoms with Gasteiger partial charge in [0.15, 0.2) is 5.82 Å². The van der Waals surface area contributed by atoms with Crippen molar-refractivity contribution in [3.05, 3.63) is 30.1 Å². The summed E-state index contributed by atoms with van der Waals surface area (Å²) in [6.07, 6.45) is 6.13. The summed E-state index contributed by atoms with van der Waals surface area (Å²) in [6.45, 7) is 3.27. The van der Waals surface area contributed by atoms with Crippen molar-refractivity contribution in [1.82, 2.24) is 14.5 Å². The molecule has 2 heterocycles. The Bertz CT molecular complexity index is 830. The van der Waals surface area contributed by atoms with Crippen molar-refractivity contribution in [1.29, 1.82) is 0 Å². The number of imidazole rings is 1. The molecule has 2 N–H and O–H groups in total. The molecule has 0 saturated heterocycles. The molecule has 4 nitrogen and oxygen atoms in total. The highest BCUT2D eigenvalue weighted by atomic mass is 15.1. The third-order valence-corrected chi connectivity index (χ3v) is 4.83. The Balaban J connectivity index is 2.00. The van der Waals surface area contributed by atoms with Crippen molar-refractivity contribution >= 4 is 27.8 Å². The third-order valence-electron chi connectivity index (χ3n) is 4.83. The molecule has 0 atom stereocenters. The Labute approximate surface area is 130 Å². The monoisotopic (exact) mass is 294 g/mol. The Hall–Kier alpha value is -2.10. The van der Waals surface area contributed by atoms with Gasteiger partial charge in [-0.15, -0.1) is 0 Å². The van der Waals surface area contributed by atoms with Gasteiger partial charge in [0, 0.05) is 18.4 Å². The molecule has 0 unspecified atom stereocenters. The molecule has 1 aromatic carbocycles. The Morgan fingerprint density at radius 3 is 2.77 bits per heavy atom. The minimum Gasteiger partial charge on any atom is -0.382 e. The van der Waals surface area contributed by atoms with E-state index in [1.807, 2.05) is 12.1 Å². The van der Waals surface area contributed by atoms with E-state index in [2.05, 4.69) is 28.6 Å². The second kappa shape index (κ2) is 5.27. The normalized spacial score (nSPS) is 15.5. The van der Waals surface area contributed by atoms with Gasteiger partial charge in [0.05, 0.1) is 11.0 Å². The first-order chi connectivity index (χ1) is 10.8. The standard InChI is InChI=1S/C18H22N4/c1-2-6-15-21-16-17(22(15)11-12-7-5-8-12)13-9-3-4-10-14(13)20-18(16)19/h3-4,9-10,12H,2,5-8,11H2,1H3,(H2,19,20). The lowest BCUT2D eigenvalue weighted by Gasteiger charge is -2.27. The number of aromatic nitrogens is 3. The van der Waals surface area contributed by atoms with Crippen molar-refractivity contribution in [3.8, 4) is 0 Å². The van der Waals surface area contributed by atoms with Crippen LogP contribution in [0.1, 0.15) is 38.4 Å². The summed E-state index contributed by atoms with van der Waals surface area (Å²) in [5, 5.41) is 1.17. The average molecular weight is 294 g/mol. The molecule has 2 aromatic heterocycles. The Morgan fingerprint density at radius 1 is 1.23 bits per heavy atom. The van der Waals surface area contributed by atoms with E-state index in [1.165, 1.54) is 30.2 Å². The molecule has 1 fully saturated rings. The number of nitrogens with two attached hydrogens (primary N) is 1. The van der Waals surface area contributed by atoms with Crippen LogP contribution in [0.4, 0.5) is 5.82 Å². The lowest BCUT2D eigenvalue weighted by Crippen LogP contribution is -2.19. The molecule has 3 aromatic rings. The molecule has 4 rings (SSSR count). The highest BCUT2D eigenvalue weighted by molar-refractivity contribution is 6.06. The van der Waals surface area contributed by atoms with E-state index in [0.717, 1.165) is 42.2 Å². The number of nitrogens with zero attached hydrogens (tertiary/aromatic N) is 3. The van der Waals surface area contributed by atoms with Gasteiger partial charge in [-0.3, -0.25) is 0 Å². The molecule has 22 heavy (non-hydrogen) atoms. The molecule has 4 heteroatoms. The van der Waals surface area contributed by atoms with Crippen molar-refractivity contribution < 1.29 is 0 Å². The van der Waals surface area contributed by atoms with Crippen LogP contribution in [0, 0.1) is 5.92 Å². The van der Waals surface area contributed by atoms with E-state index in [9.17, 15) is 0 Å². The second-order valence-electron chi connectivity index (χ2n) is 6.40. The lowest BCUT2D eigenvalue weighted by molar-refractivity contribution is 0.276. The topological polar surface area (TPSA) is 56.7 Å². The number of hydrogen-bond acceptors (Lipinski definition) is 3. The van der Waals surface area contributed by atoms with E-state index in [-0.39, 0.29) is 0 Å². The summed E-state index contributed by atoms with van der Waals surface area (Å²) in [7, 11) is 0. The third kappa shape index (κ3) is 2.05. The van der Waals surface area contributed by atoms with Crippen LogP contribution >= 0.6 is 0 Å². The van der Waals surface area contributed by atoms with E-state index in [1.54, 1.807) is 0 Å². The number of hydrogen-bond donors (Lipinski definition) is 1. The van der Waals surface area contributed by atoms with Crippen LogP contribution < -0.4 is 5.73 Å². The summed E-state index contributed by atoms with van der Waals surface area (Å²) in [6, 6.07) is 8.25. The average Bonchev–Trinajstić information content (AvgIpc) is 2.83. The molecule has 0 amide bonds. The number of pyridine rings is 1. The predicted molar refractivity (Wildman–Crippen MR) is 90.8 cm³/mol. The second-order valence-corrected chi connectivity index (χ2v) is 6.40. The van der Waals surface area contributed by atoms with E-state index in [0.29, 0.717) is 5.82 Å². The summed E-state index contributed by atoms with van der Waals surface area (Å²) in [4.78, 5) is 9.37. The number of nitrogen functional groups attached to an aromatic ring is 1. The van der Waals surface area contributed by atoms with Crippen molar-refractivity contribution in [2.45, 2.75) is 45.6 Å². The van der Waals surface area contributed by atoms with Gasteiger partial charge in [0.25, 0.3) is 0 Å².